The van der Waals surface area contributed by atoms with Crippen LogP contribution in [0.2, 0.25) is 0 Å². The zero-order valence-electron chi connectivity index (χ0n) is 11.7. The van der Waals surface area contributed by atoms with E-state index in [4.69, 9.17) is 9.47 Å². The molecule has 0 fully saturated rings. The fourth-order valence-corrected chi connectivity index (χ4v) is 1.58. The van der Waals surface area contributed by atoms with E-state index in [0.29, 0.717) is 6.42 Å². The second-order valence-corrected chi connectivity index (χ2v) is 4.68. The second-order valence-electron chi connectivity index (χ2n) is 4.68. The van der Waals surface area contributed by atoms with E-state index in [9.17, 15) is 9.59 Å². The van der Waals surface area contributed by atoms with E-state index in [1.165, 1.54) is 6.92 Å². The van der Waals surface area contributed by atoms with E-state index in [-0.39, 0.29) is 41.8 Å². The predicted octanol–water partition coefficient (Wildman–Crippen LogP) is 1.31. The molecular formula is C13H27AlO4. The quantitative estimate of drug-likeness (QED) is 0.380. The van der Waals surface area contributed by atoms with Crippen molar-refractivity contribution in [2.45, 2.75) is 72.4 Å². The molecule has 0 radical (unpaired) electrons. The predicted molar refractivity (Wildman–Crippen MR) is 75.7 cm³/mol. The third-order valence-corrected chi connectivity index (χ3v) is 2.11. The van der Waals surface area contributed by atoms with Gasteiger partial charge in [0, 0.05) is 13.3 Å². The highest BCUT2D eigenvalue weighted by Gasteiger charge is 2.46. The minimum atomic E-state index is -1.72. The van der Waals surface area contributed by atoms with Gasteiger partial charge in [-0.3, -0.25) is 9.59 Å². The molecule has 0 aromatic heterocycles. The van der Waals surface area contributed by atoms with Crippen LogP contribution in [0.15, 0.2) is 0 Å². The number of hydrogen-bond donors (Lipinski definition) is 0. The Hall–Kier alpha value is -0.208. The maximum atomic E-state index is 12.1. The molecule has 0 aliphatic rings. The molecule has 0 aromatic carbocycles. The Labute approximate surface area is 121 Å². The van der Waals surface area contributed by atoms with Gasteiger partial charge in [-0.15, -0.1) is 0 Å². The van der Waals surface area contributed by atoms with Gasteiger partial charge in [0.1, 0.15) is 0 Å². The first kappa shape index (κ1) is 20.1. The summed E-state index contributed by atoms with van der Waals surface area (Å²) in [5.74, 6) is -2.41. The van der Waals surface area contributed by atoms with E-state index in [1.54, 1.807) is 27.7 Å². The van der Waals surface area contributed by atoms with Gasteiger partial charge in [0.05, 0.1) is 12.2 Å². The molecule has 0 rings (SSSR count). The van der Waals surface area contributed by atoms with Gasteiger partial charge >= 0.3 is 0 Å². The average molecular weight is 274 g/mol. The minimum absolute atomic E-state index is 0. The van der Waals surface area contributed by atoms with E-state index in [2.05, 4.69) is 0 Å². The van der Waals surface area contributed by atoms with Gasteiger partial charge < -0.3 is 9.47 Å². The van der Waals surface area contributed by atoms with Crippen molar-refractivity contribution < 1.29 is 19.1 Å². The molecule has 0 atom stereocenters. The van der Waals surface area contributed by atoms with Crippen LogP contribution in [0.4, 0.5) is 0 Å². The fraction of sp³-hybridized carbons (Fsp3) is 0.846. The molecule has 5 heteroatoms. The van der Waals surface area contributed by atoms with Crippen molar-refractivity contribution in [3.63, 3.8) is 0 Å². The van der Waals surface area contributed by atoms with Gasteiger partial charge in [0.2, 0.25) is 0 Å². The van der Waals surface area contributed by atoms with Crippen molar-refractivity contribution in [1.82, 2.24) is 0 Å². The van der Waals surface area contributed by atoms with Crippen LogP contribution in [0.3, 0.4) is 0 Å². The van der Waals surface area contributed by atoms with Crippen LogP contribution in [-0.2, 0) is 19.1 Å². The maximum absolute atomic E-state index is 12.1. The van der Waals surface area contributed by atoms with Crippen LogP contribution in [-0.4, -0.2) is 46.9 Å². The molecule has 0 saturated carbocycles. The average Bonchev–Trinajstić information content (AvgIpc) is 2.14. The van der Waals surface area contributed by atoms with Crippen LogP contribution in [0.1, 0.15) is 54.4 Å². The number of ether oxygens (including phenoxy) is 2. The number of hydrogen-bond acceptors (Lipinski definition) is 4. The summed E-state index contributed by atoms with van der Waals surface area (Å²) in [5, 5.41) is 0. The molecule has 0 heterocycles. The van der Waals surface area contributed by atoms with E-state index < -0.39 is 11.6 Å². The molecule has 0 amide bonds. The SMILES string of the molecule is CCCC(=O)C(OC(C)C)(OC(C)C)C(C)=O.[AlH3]. The summed E-state index contributed by atoms with van der Waals surface area (Å²) in [7, 11) is 0. The summed E-state index contributed by atoms with van der Waals surface area (Å²) in [6.45, 7) is 10.3. The number of ketones is 2. The lowest BCUT2D eigenvalue weighted by atomic mass is 10.0. The van der Waals surface area contributed by atoms with Crippen LogP contribution in [0.25, 0.3) is 0 Å². The molecule has 0 bridgehead atoms. The van der Waals surface area contributed by atoms with Gasteiger partial charge in [-0.1, -0.05) is 6.92 Å². The van der Waals surface area contributed by atoms with E-state index >= 15 is 0 Å². The minimum Gasteiger partial charge on any atom is -0.335 e. The molecule has 0 aliphatic carbocycles. The van der Waals surface area contributed by atoms with Crippen molar-refractivity contribution in [1.29, 1.82) is 0 Å². The van der Waals surface area contributed by atoms with E-state index in [1.807, 2.05) is 6.92 Å². The largest absolute Gasteiger partial charge is 0.335 e. The summed E-state index contributed by atoms with van der Waals surface area (Å²) < 4.78 is 11.0. The highest BCUT2D eigenvalue weighted by atomic mass is 27.0. The van der Waals surface area contributed by atoms with Crippen LogP contribution < -0.4 is 0 Å². The van der Waals surface area contributed by atoms with Crippen molar-refractivity contribution in [3.8, 4) is 0 Å². The summed E-state index contributed by atoms with van der Waals surface area (Å²) >= 11 is 0. The number of carbonyl (C=O) groups is 2. The molecule has 0 unspecified atom stereocenters. The number of carbonyl (C=O) groups excluding carboxylic acids is 2. The van der Waals surface area contributed by atoms with Crippen LogP contribution in [0.5, 0.6) is 0 Å². The summed E-state index contributed by atoms with van der Waals surface area (Å²) in [6, 6.07) is 0. The Kier molecular flexibility index (Phi) is 9.86. The fourth-order valence-electron chi connectivity index (χ4n) is 1.58. The highest BCUT2D eigenvalue weighted by molar-refractivity contribution is 6.07. The molecule has 0 saturated heterocycles. The van der Waals surface area contributed by atoms with Gasteiger partial charge in [0.25, 0.3) is 5.79 Å². The normalized spacial score (nSPS) is 11.6. The Bertz CT molecular complexity index is 264. The van der Waals surface area contributed by atoms with Crippen LogP contribution >= 0.6 is 0 Å². The van der Waals surface area contributed by atoms with Gasteiger partial charge in [0.15, 0.2) is 28.9 Å². The molecule has 106 valence electrons. The molecule has 0 aliphatic heterocycles. The maximum Gasteiger partial charge on any atom is 0.290 e. The van der Waals surface area contributed by atoms with Crippen molar-refractivity contribution in [2.75, 3.05) is 0 Å². The lowest BCUT2D eigenvalue weighted by Gasteiger charge is -2.33. The lowest BCUT2D eigenvalue weighted by Crippen LogP contribution is -2.53. The molecule has 0 spiro atoms. The summed E-state index contributed by atoms with van der Waals surface area (Å²) in [4.78, 5) is 23.9. The van der Waals surface area contributed by atoms with Crippen molar-refractivity contribution >= 4 is 28.9 Å². The third kappa shape index (κ3) is 5.62. The molecule has 4 nitrogen and oxygen atoms in total. The first-order valence-electron chi connectivity index (χ1n) is 6.16. The molecule has 0 aromatic rings. The van der Waals surface area contributed by atoms with Gasteiger partial charge in [-0.2, -0.15) is 0 Å². The molecule has 0 N–H and O–H groups in total. The Balaban J connectivity index is 0. The lowest BCUT2D eigenvalue weighted by molar-refractivity contribution is -0.243. The van der Waals surface area contributed by atoms with Crippen LogP contribution in [0, 0.1) is 0 Å². The van der Waals surface area contributed by atoms with E-state index in [0.717, 1.165) is 0 Å². The monoisotopic (exact) mass is 274 g/mol. The molecular weight excluding hydrogens is 247 g/mol. The van der Waals surface area contributed by atoms with Crippen molar-refractivity contribution in [3.05, 3.63) is 0 Å². The van der Waals surface area contributed by atoms with Gasteiger partial charge in [-0.05, 0) is 34.1 Å². The molecule has 18 heavy (non-hydrogen) atoms. The highest BCUT2D eigenvalue weighted by Crippen LogP contribution is 2.23. The second kappa shape index (κ2) is 8.82. The Morgan fingerprint density at radius 2 is 1.44 bits per heavy atom. The number of rotatable bonds is 8. The smallest absolute Gasteiger partial charge is 0.290 e. The summed E-state index contributed by atoms with van der Waals surface area (Å²) in [6.07, 6.45) is 0.437. The Morgan fingerprint density at radius 3 is 1.67 bits per heavy atom. The topological polar surface area (TPSA) is 52.6 Å². The zero-order valence-corrected chi connectivity index (χ0v) is 11.7. The number of Topliss-reactive ketones (excluding diaryl/α,β-unsaturated/α-hetero) is 2. The van der Waals surface area contributed by atoms with Gasteiger partial charge in [-0.25, -0.2) is 0 Å². The third-order valence-electron chi connectivity index (χ3n) is 2.11. The Morgan fingerprint density at radius 1 is 1.06 bits per heavy atom. The van der Waals surface area contributed by atoms with Crippen molar-refractivity contribution in [2.24, 2.45) is 0 Å². The standard InChI is InChI=1S/C13H24O4.Al.3H/c1-7-8-12(15)13(11(6)14,16-9(2)3)17-10(4)5;;;;/h9-10H,7-8H2,1-6H3;;;;. The zero-order chi connectivity index (χ0) is 13.6. The summed E-state index contributed by atoms with van der Waals surface area (Å²) in [5.41, 5.74) is 0. The first-order chi connectivity index (χ1) is 7.76. The first-order valence-corrected chi connectivity index (χ1v) is 6.16.